The minimum absolute atomic E-state index is 0.0621. The lowest BCUT2D eigenvalue weighted by molar-refractivity contribution is -0.131. The highest BCUT2D eigenvalue weighted by Gasteiger charge is 2.37. The molecule has 2 rings (SSSR count). The van der Waals surface area contributed by atoms with Gasteiger partial charge in [0.05, 0.1) is 5.25 Å². The molecule has 0 aliphatic rings. The van der Waals surface area contributed by atoms with E-state index in [1.54, 1.807) is 20.8 Å². The van der Waals surface area contributed by atoms with Gasteiger partial charge >= 0.3 is 12.1 Å². The smallest absolute Gasteiger partial charge is 0.429 e. The highest BCUT2D eigenvalue weighted by atomic mass is 32.2. The standard InChI is InChI=1S/C23H29NO7S/c1-16(2)32(27,28)24(22(26)31-23(4,5)6)20-14-19(30-17(3)25)12-13-21(20)29-15-18-10-8-7-9-11-18/h7-14,16H,15H2,1-6H3. The van der Waals surface area contributed by atoms with Crippen LogP contribution in [0.2, 0.25) is 0 Å². The normalized spacial score (nSPS) is 11.7. The van der Waals surface area contributed by atoms with Gasteiger partial charge in [-0.25, -0.2) is 13.2 Å². The van der Waals surface area contributed by atoms with Crippen molar-refractivity contribution >= 4 is 27.8 Å². The van der Waals surface area contributed by atoms with Crippen molar-refractivity contribution < 1.29 is 32.2 Å². The molecule has 0 bridgehead atoms. The molecule has 0 fully saturated rings. The second-order valence-electron chi connectivity index (χ2n) is 8.34. The van der Waals surface area contributed by atoms with Gasteiger partial charge in [0.15, 0.2) is 0 Å². The zero-order chi connectivity index (χ0) is 24.1. The number of hydrogen-bond acceptors (Lipinski definition) is 7. The summed E-state index contributed by atoms with van der Waals surface area (Å²) in [4.78, 5) is 24.5. The summed E-state index contributed by atoms with van der Waals surface area (Å²) in [7, 11) is -4.18. The zero-order valence-corrected chi connectivity index (χ0v) is 19.9. The quantitative estimate of drug-likeness (QED) is 0.434. The van der Waals surface area contributed by atoms with Gasteiger partial charge in [0, 0.05) is 13.0 Å². The fourth-order valence-electron chi connectivity index (χ4n) is 2.60. The molecule has 0 N–H and O–H groups in total. The first kappa shape index (κ1) is 25.2. The molecular weight excluding hydrogens is 434 g/mol. The van der Waals surface area contributed by atoms with E-state index in [0.29, 0.717) is 4.31 Å². The average Bonchev–Trinajstić information content (AvgIpc) is 2.66. The minimum Gasteiger partial charge on any atom is -0.487 e. The summed E-state index contributed by atoms with van der Waals surface area (Å²) in [5, 5.41) is -0.936. The molecule has 0 saturated carbocycles. The average molecular weight is 464 g/mol. The zero-order valence-electron chi connectivity index (χ0n) is 19.1. The monoisotopic (exact) mass is 463 g/mol. The minimum atomic E-state index is -4.18. The van der Waals surface area contributed by atoms with E-state index < -0.39 is 32.9 Å². The van der Waals surface area contributed by atoms with E-state index in [9.17, 15) is 18.0 Å². The number of carbonyl (C=O) groups excluding carboxylic acids is 2. The molecule has 0 aromatic heterocycles. The number of hydrogen-bond donors (Lipinski definition) is 0. The summed E-state index contributed by atoms with van der Waals surface area (Å²) in [6, 6.07) is 13.4. The van der Waals surface area contributed by atoms with Crippen LogP contribution < -0.4 is 13.8 Å². The van der Waals surface area contributed by atoms with Crippen molar-refractivity contribution in [2.45, 2.75) is 59.0 Å². The number of benzene rings is 2. The fourth-order valence-corrected chi connectivity index (χ4v) is 3.68. The SMILES string of the molecule is CC(=O)Oc1ccc(OCc2ccccc2)c(N(C(=O)OC(C)(C)C)S(=O)(=O)C(C)C)c1. The molecule has 9 heteroatoms. The number of esters is 1. The molecule has 8 nitrogen and oxygen atoms in total. The second-order valence-corrected chi connectivity index (χ2v) is 10.7. The van der Waals surface area contributed by atoms with Crippen molar-refractivity contribution in [3.05, 3.63) is 54.1 Å². The van der Waals surface area contributed by atoms with E-state index in [-0.39, 0.29) is 23.8 Å². The third kappa shape index (κ3) is 6.71. The predicted octanol–water partition coefficient (Wildman–Crippen LogP) is 4.67. The topological polar surface area (TPSA) is 99.2 Å². The molecule has 174 valence electrons. The van der Waals surface area contributed by atoms with Gasteiger partial charge in [0.1, 0.15) is 29.4 Å². The van der Waals surface area contributed by atoms with E-state index in [0.717, 1.165) is 5.56 Å². The maximum absolute atomic E-state index is 13.2. The Labute approximate surface area is 189 Å². The fraction of sp³-hybridized carbons (Fsp3) is 0.391. The van der Waals surface area contributed by atoms with Gasteiger partial charge in [0.2, 0.25) is 10.0 Å². The Morgan fingerprint density at radius 1 is 1.03 bits per heavy atom. The molecule has 0 spiro atoms. The van der Waals surface area contributed by atoms with Crippen LogP contribution in [0, 0.1) is 0 Å². The van der Waals surface area contributed by atoms with Crippen molar-refractivity contribution in [2.75, 3.05) is 4.31 Å². The van der Waals surface area contributed by atoms with Crippen molar-refractivity contribution in [3.8, 4) is 11.5 Å². The molecule has 32 heavy (non-hydrogen) atoms. The predicted molar refractivity (Wildman–Crippen MR) is 121 cm³/mol. The summed E-state index contributed by atoms with van der Waals surface area (Å²) in [5.41, 5.74) is -0.207. The van der Waals surface area contributed by atoms with Crippen molar-refractivity contribution in [1.29, 1.82) is 0 Å². The van der Waals surface area contributed by atoms with Crippen molar-refractivity contribution in [2.24, 2.45) is 0 Å². The molecule has 0 radical (unpaired) electrons. The first-order valence-corrected chi connectivity index (χ1v) is 11.6. The highest BCUT2D eigenvalue weighted by Crippen LogP contribution is 2.37. The Morgan fingerprint density at radius 3 is 2.19 bits per heavy atom. The van der Waals surface area contributed by atoms with Gasteiger partial charge in [-0.1, -0.05) is 30.3 Å². The molecule has 0 aliphatic heterocycles. The van der Waals surface area contributed by atoms with Crippen LogP contribution in [0.1, 0.15) is 47.1 Å². The first-order valence-electron chi connectivity index (χ1n) is 10.1. The van der Waals surface area contributed by atoms with Crippen LogP contribution in [-0.4, -0.2) is 31.3 Å². The summed E-state index contributed by atoms with van der Waals surface area (Å²) >= 11 is 0. The maximum Gasteiger partial charge on any atom is 0.429 e. The van der Waals surface area contributed by atoms with Gasteiger partial charge in [-0.2, -0.15) is 4.31 Å². The lowest BCUT2D eigenvalue weighted by Gasteiger charge is -2.29. The molecule has 2 aromatic carbocycles. The van der Waals surface area contributed by atoms with Crippen LogP contribution in [0.15, 0.2) is 48.5 Å². The molecule has 0 atom stereocenters. The van der Waals surface area contributed by atoms with Crippen molar-refractivity contribution in [3.63, 3.8) is 0 Å². The maximum atomic E-state index is 13.2. The first-order chi connectivity index (χ1) is 14.8. The molecular formula is C23H29NO7S. The molecule has 2 aromatic rings. The van der Waals surface area contributed by atoms with Crippen LogP contribution >= 0.6 is 0 Å². The summed E-state index contributed by atoms with van der Waals surface area (Å²) in [5.74, 6) is -0.420. The lowest BCUT2D eigenvalue weighted by Crippen LogP contribution is -2.44. The Bertz CT molecular complexity index is 1060. The van der Waals surface area contributed by atoms with E-state index in [2.05, 4.69) is 0 Å². The number of rotatable bonds is 7. The molecule has 1 amide bonds. The molecule has 0 unspecified atom stereocenters. The number of sulfonamides is 1. The lowest BCUT2D eigenvalue weighted by atomic mass is 10.2. The van der Waals surface area contributed by atoms with Crippen LogP contribution in [0.3, 0.4) is 0 Å². The highest BCUT2D eigenvalue weighted by molar-refractivity contribution is 7.94. The summed E-state index contributed by atoms with van der Waals surface area (Å²) < 4.78 is 43.3. The third-order valence-electron chi connectivity index (χ3n) is 4.06. The van der Waals surface area contributed by atoms with Crippen LogP contribution in [-0.2, 0) is 26.2 Å². The van der Waals surface area contributed by atoms with Gasteiger partial charge in [-0.3, -0.25) is 4.79 Å². The largest absolute Gasteiger partial charge is 0.487 e. The number of amides is 1. The number of ether oxygens (including phenoxy) is 3. The van der Waals surface area contributed by atoms with Crippen molar-refractivity contribution in [1.82, 2.24) is 0 Å². The van der Waals surface area contributed by atoms with Crippen LogP contribution in [0.5, 0.6) is 11.5 Å². The van der Waals surface area contributed by atoms with Gasteiger partial charge in [0.25, 0.3) is 0 Å². The Hall–Kier alpha value is -3.07. The Balaban J connectivity index is 2.60. The third-order valence-corrected chi connectivity index (χ3v) is 6.10. The summed E-state index contributed by atoms with van der Waals surface area (Å²) in [6.45, 7) is 9.15. The number of nitrogens with zero attached hydrogens (tertiary/aromatic N) is 1. The van der Waals surface area contributed by atoms with Crippen LogP contribution in [0.25, 0.3) is 0 Å². The molecule has 0 saturated heterocycles. The van der Waals surface area contributed by atoms with Crippen LogP contribution in [0.4, 0.5) is 10.5 Å². The second kappa shape index (κ2) is 10.0. The Morgan fingerprint density at radius 2 is 1.66 bits per heavy atom. The Kier molecular flexibility index (Phi) is 7.90. The van der Waals surface area contributed by atoms with E-state index in [1.807, 2.05) is 30.3 Å². The van der Waals surface area contributed by atoms with Gasteiger partial charge < -0.3 is 14.2 Å². The van der Waals surface area contributed by atoms with Gasteiger partial charge in [-0.15, -0.1) is 0 Å². The molecule has 0 heterocycles. The van der Waals surface area contributed by atoms with E-state index in [1.165, 1.54) is 39.0 Å². The number of anilines is 1. The summed E-state index contributed by atoms with van der Waals surface area (Å²) in [6.07, 6.45) is -1.09. The van der Waals surface area contributed by atoms with Gasteiger partial charge in [-0.05, 0) is 52.3 Å². The van der Waals surface area contributed by atoms with E-state index in [4.69, 9.17) is 14.2 Å². The van der Waals surface area contributed by atoms with E-state index >= 15 is 0 Å². The number of carbonyl (C=O) groups is 2. The molecule has 0 aliphatic carbocycles.